The van der Waals surface area contributed by atoms with Crippen LogP contribution in [0.3, 0.4) is 0 Å². The predicted octanol–water partition coefficient (Wildman–Crippen LogP) is 3.21. The first-order valence-electron chi connectivity index (χ1n) is 9.94. The van der Waals surface area contributed by atoms with Crippen LogP contribution in [-0.2, 0) is 17.7 Å². The summed E-state index contributed by atoms with van der Waals surface area (Å²) >= 11 is 0. The van der Waals surface area contributed by atoms with Gasteiger partial charge in [-0.05, 0) is 31.4 Å². The van der Waals surface area contributed by atoms with Crippen LogP contribution < -0.4 is 5.73 Å². The number of aryl methyl sites for hydroxylation is 1. The van der Waals surface area contributed by atoms with Crippen molar-refractivity contribution >= 4 is 17.0 Å². The van der Waals surface area contributed by atoms with Crippen LogP contribution in [-0.4, -0.2) is 42.2 Å². The van der Waals surface area contributed by atoms with E-state index in [1.807, 2.05) is 31.7 Å². The van der Waals surface area contributed by atoms with E-state index in [0.29, 0.717) is 0 Å². The van der Waals surface area contributed by atoms with Crippen LogP contribution >= 0.6 is 0 Å². The lowest BCUT2D eigenvalue weighted by atomic mass is 10.1. The molecule has 0 amide bonds. The van der Waals surface area contributed by atoms with E-state index in [-0.39, 0.29) is 12.1 Å². The van der Waals surface area contributed by atoms with Crippen molar-refractivity contribution in [2.24, 2.45) is 0 Å². The predicted molar refractivity (Wildman–Crippen MR) is 111 cm³/mol. The molecule has 3 N–H and O–H groups in total. The maximum absolute atomic E-state index is 5.90. The van der Waals surface area contributed by atoms with E-state index in [1.54, 1.807) is 0 Å². The van der Waals surface area contributed by atoms with Gasteiger partial charge < -0.3 is 20.0 Å². The summed E-state index contributed by atoms with van der Waals surface area (Å²) in [5.41, 5.74) is 11.2. The highest BCUT2D eigenvalue weighted by atomic mass is 16.5. The number of anilines is 1. The van der Waals surface area contributed by atoms with Crippen LogP contribution in [0.1, 0.15) is 25.5 Å². The number of hydrogen-bond donors (Lipinski definition) is 2. The summed E-state index contributed by atoms with van der Waals surface area (Å²) in [6, 6.07) is 4.07. The largest absolute Gasteiger partial charge is 0.376 e. The Kier molecular flexibility index (Phi) is 4.48. The number of rotatable bonds is 5. The fourth-order valence-electron chi connectivity index (χ4n) is 3.82. The first-order chi connectivity index (χ1) is 14.2. The molecule has 8 heteroatoms. The molecule has 1 aliphatic rings. The smallest absolute Gasteiger partial charge is 0.220 e. The maximum Gasteiger partial charge on any atom is 0.220 e. The monoisotopic (exact) mass is 389 g/mol. The molecule has 0 aliphatic carbocycles. The van der Waals surface area contributed by atoms with E-state index < -0.39 is 0 Å². The van der Waals surface area contributed by atoms with Crippen LogP contribution in [0.5, 0.6) is 0 Å². The molecule has 0 aromatic carbocycles. The fourth-order valence-corrected chi connectivity index (χ4v) is 3.82. The van der Waals surface area contributed by atoms with Crippen LogP contribution in [0.2, 0.25) is 0 Å². The number of aromatic nitrogens is 6. The zero-order valence-electron chi connectivity index (χ0n) is 16.3. The summed E-state index contributed by atoms with van der Waals surface area (Å²) in [5, 5.41) is 0.983. The van der Waals surface area contributed by atoms with Crippen molar-refractivity contribution < 1.29 is 4.74 Å². The Bertz CT molecular complexity index is 1160. The molecule has 1 fully saturated rings. The number of hydrogen-bond acceptors (Lipinski definition) is 6. The molecule has 5 rings (SSSR count). The Balaban J connectivity index is 1.50. The van der Waals surface area contributed by atoms with Crippen molar-refractivity contribution in [2.45, 2.75) is 38.8 Å². The van der Waals surface area contributed by atoms with Crippen molar-refractivity contribution in [3.8, 4) is 22.5 Å². The number of fused-ring (bicyclic) bond motifs is 1. The lowest BCUT2D eigenvalue weighted by Gasteiger charge is -2.09. The third kappa shape index (κ3) is 3.47. The lowest BCUT2D eigenvalue weighted by Crippen LogP contribution is -2.13. The molecule has 4 aromatic rings. The van der Waals surface area contributed by atoms with E-state index in [2.05, 4.69) is 41.8 Å². The molecule has 4 aromatic heterocycles. The zero-order valence-corrected chi connectivity index (χ0v) is 16.3. The molecule has 0 saturated carbocycles. The minimum atomic E-state index is 0.282. The van der Waals surface area contributed by atoms with Gasteiger partial charge in [0.2, 0.25) is 5.95 Å². The van der Waals surface area contributed by atoms with Crippen molar-refractivity contribution in [1.82, 2.24) is 29.5 Å². The van der Waals surface area contributed by atoms with E-state index >= 15 is 0 Å². The third-order valence-corrected chi connectivity index (χ3v) is 5.33. The van der Waals surface area contributed by atoms with Crippen molar-refractivity contribution in [3.63, 3.8) is 0 Å². The molecular formula is C21H23N7O. The first-order valence-corrected chi connectivity index (χ1v) is 9.94. The summed E-state index contributed by atoms with van der Waals surface area (Å²) in [5.74, 6) is 0.283. The number of nitrogens with one attached hydrogen (secondary N) is 1. The lowest BCUT2D eigenvalue weighted by molar-refractivity contribution is 0.0970. The molecule has 8 nitrogen and oxygen atoms in total. The topological polar surface area (TPSA) is 108 Å². The normalized spacial score (nSPS) is 16.7. The van der Waals surface area contributed by atoms with Gasteiger partial charge in [-0.3, -0.25) is 0 Å². The molecule has 1 saturated heterocycles. The first kappa shape index (κ1) is 17.8. The number of H-pyrrole nitrogens is 1. The van der Waals surface area contributed by atoms with Gasteiger partial charge in [-0.15, -0.1) is 0 Å². The number of nitrogens with zero attached hydrogens (tertiary/aromatic N) is 5. The van der Waals surface area contributed by atoms with Crippen LogP contribution in [0.4, 0.5) is 5.95 Å². The second-order valence-corrected chi connectivity index (χ2v) is 7.37. The minimum Gasteiger partial charge on any atom is -0.376 e. The van der Waals surface area contributed by atoms with Crippen LogP contribution in [0, 0.1) is 0 Å². The van der Waals surface area contributed by atoms with E-state index in [4.69, 9.17) is 10.5 Å². The summed E-state index contributed by atoms with van der Waals surface area (Å²) in [6.45, 7) is 3.74. The second-order valence-electron chi connectivity index (χ2n) is 7.37. The molecule has 148 valence electrons. The fraction of sp³-hybridized carbons (Fsp3) is 0.333. The Hall–Kier alpha value is -3.26. The molecule has 1 aliphatic heterocycles. The SMILES string of the molecule is CCc1cc(-c2c[nH]c3ncc(-c4cn(CC5CCCO5)cn4)cc23)nc(N)n1. The Morgan fingerprint density at radius 2 is 2.17 bits per heavy atom. The highest BCUT2D eigenvalue weighted by molar-refractivity contribution is 5.94. The van der Waals surface area contributed by atoms with Gasteiger partial charge in [-0.25, -0.2) is 19.9 Å². The minimum absolute atomic E-state index is 0.282. The Labute approximate surface area is 168 Å². The van der Waals surface area contributed by atoms with Crippen molar-refractivity contribution in [1.29, 1.82) is 0 Å². The number of imidazole rings is 1. The van der Waals surface area contributed by atoms with Gasteiger partial charge in [-0.2, -0.15) is 0 Å². The van der Waals surface area contributed by atoms with Gasteiger partial charge in [-0.1, -0.05) is 6.92 Å². The van der Waals surface area contributed by atoms with Crippen LogP contribution in [0.25, 0.3) is 33.5 Å². The average molecular weight is 389 g/mol. The molecule has 29 heavy (non-hydrogen) atoms. The molecule has 0 radical (unpaired) electrons. The summed E-state index contributed by atoms with van der Waals surface area (Å²) in [4.78, 5) is 21.1. The quantitative estimate of drug-likeness (QED) is 0.543. The highest BCUT2D eigenvalue weighted by Crippen LogP contribution is 2.30. The molecule has 0 bridgehead atoms. The van der Waals surface area contributed by atoms with Gasteiger partial charge in [0.1, 0.15) is 5.65 Å². The van der Waals surface area contributed by atoms with Gasteiger partial charge in [0.25, 0.3) is 0 Å². The number of nitrogens with two attached hydrogens (primary N) is 1. The summed E-state index contributed by atoms with van der Waals surface area (Å²) in [7, 11) is 0. The van der Waals surface area contributed by atoms with Gasteiger partial charge in [0, 0.05) is 53.9 Å². The Morgan fingerprint density at radius 3 is 3.00 bits per heavy atom. The standard InChI is InChI=1S/C21H23N7O/c1-2-14-7-18(27-21(22)26-14)17-9-24-20-16(17)6-13(8-23-20)19-11-28(12-25-19)10-15-4-3-5-29-15/h6-9,11-12,15H,2-5,10H2,1H3,(H,23,24)(H2,22,26,27). The highest BCUT2D eigenvalue weighted by Gasteiger charge is 2.17. The van der Waals surface area contributed by atoms with Crippen molar-refractivity contribution in [3.05, 3.63) is 42.7 Å². The van der Waals surface area contributed by atoms with Gasteiger partial charge in [0.05, 0.1) is 23.8 Å². The number of ether oxygens (including phenoxy) is 1. The Morgan fingerprint density at radius 1 is 1.24 bits per heavy atom. The van der Waals surface area contributed by atoms with Crippen molar-refractivity contribution in [2.75, 3.05) is 12.3 Å². The number of pyridine rings is 1. The van der Waals surface area contributed by atoms with E-state index in [0.717, 1.165) is 71.7 Å². The zero-order chi connectivity index (χ0) is 19.8. The average Bonchev–Trinajstić information content (AvgIpc) is 3.48. The number of aromatic amines is 1. The summed E-state index contributed by atoms with van der Waals surface area (Å²) in [6.07, 6.45) is 11.0. The molecule has 5 heterocycles. The molecule has 1 unspecified atom stereocenters. The maximum atomic E-state index is 5.90. The molecule has 1 atom stereocenters. The molecular weight excluding hydrogens is 366 g/mol. The number of nitrogen functional groups attached to an aromatic ring is 1. The van der Waals surface area contributed by atoms with Gasteiger partial charge in [0.15, 0.2) is 0 Å². The van der Waals surface area contributed by atoms with E-state index in [1.165, 1.54) is 0 Å². The van der Waals surface area contributed by atoms with Gasteiger partial charge >= 0.3 is 0 Å². The third-order valence-electron chi connectivity index (χ3n) is 5.33. The van der Waals surface area contributed by atoms with Crippen LogP contribution in [0.15, 0.2) is 37.1 Å². The molecule has 0 spiro atoms. The summed E-state index contributed by atoms with van der Waals surface area (Å²) < 4.78 is 7.81. The van der Waals surface area contributed by atoms with E-state index in [9.17, 15) is 0 Å². The second kappa shape index (κ2) is 7.29.